The second kappa shape index (κ2) is 6.64. The zero-order valence-electron chi connectivity index (χ0n) is 12.8. The van der Waals surface area contributed by atoms with Gasteiger partial charge in [0.15, 0.2) is 5.78 Å². The first-order chi connectivity index (χ1) is 11.1. The molecule has 2 aromatic carbocycles. The van der Waals surface area contributed by atoms with E-state index in [9.17, 15) is 13.2 Å². The standard InChI is InChI=1S/C18H19NO3S/c20-18(15-8-3-1-4-9-15)16-10-7-13-19(14-16)23(21,22)17-11-5-2-6-12-17/h1-6,8-9,11-12,16H,7,10,13-14H2. The second-order valence-corrected chi connectivity index (χ2v) is 7.68. The van der Waals surface area contributed by atoms with Gasteiger partial charge in [0.1, 0.15) is 0 Å². The van der Waals surface area contributed by atoms with Crippen molar-refractivity contribution in [1.82, 2.24) is 4.31 Å². The Morgan fingerprint density at radius 1 is 0.957 bits per heavy atom. The van der Waals surface area contributed by atoms with Crippen LogP contribution < -0.4 is 0 Å². The van der Waals surface area contributed by atoms with E-state index in [1.165, 1.54) is 4.31 Å². The van der Waals surface area contributed by atoms with Gasteiger partial charge in [-0.1, -0.05) is 48.5 Å². The van der Waals surface area contributed by atoms with E-state index in [4.69, 9.17) is 0 Å². The van der Waals surface area contributed by atoms with Crippen LogP contribution >= 0.6 is 0 Å². The van der Waals surface area contributed by atoms with Gasteiger partial charge in [-0.15, -0.1) is 0 Å². The summed E-state index contributed by atoms with van der Waals surface area (Å²) < 4.78 is 26.9. The molecule has 0 saturated carbocycles. The first-order valence-electron chi connectivity index (χ1n) is 7.73. The van der Waals surface area contributed by atoms with Crippen LogP contribution in [0.2, 0.25) is 0 Å². The van der Waals surface area contributed by atoms with Crippen LogP contribution in [-0.2, 0) is 10.0 Å². The molecule has 0 radical (unpaired) electrons. The normalized spacial score (nSPS) is 19.4. The molecular weight excluding hydrogens is 310 g/mol. The maximum absolute atomic E-state index is 12.7. The lowest BCUT2D eigenvalue weighted by molar-refractivity contribution is 0.0872. The molecule has 0 bridgehead atoms. The maximum atomic E-state index is 12.7. The zero-order valence-corrected chi connectivity index (χ0v) is 13.6. The predicted octanol–water partition coefficient (Wildman–Crippen LogP) is 2.97. The Balaban J connectivity index is 1.80. The number of carbonyl (C=O) groups is 1. The van der Waals surface area contributed by atoms with Crippen LogP contribution in [-0.4, -0.2) is 31.6 Å². The fourth-order valence-electron chi connectivity index (χ4n) is 2.95. The van der Waals surface area contributed by atoms with Crippen LogP contribution in [0.5, 0.6) is 0 Å². The fraction of sp³-hybridized carbons (Fsp3) is 0.278. The Labute approximate surface area is 136 Å². The third-order valence-electron chi connectivity index (χ3n) is 4.19. The first kappa shape index (κ1) is 15.9. The molecule has 3 rings (SSSR count). The van der Waals surface area contributed by atoms with Crippen LogP contribution in [0.1, 0.15) is 23.2 Å². The third-order valence-corrected chi connectivity index (χ3v) is 6.07. The largest absolute Gasteiger partial charge is 0.294 e. The molecule has 0 aromatic heterocycles. The number of sulfonamides is 1. The number of hydrogen-bond acceptors (Lipinski definition) is 3. The Morgan fingerprint density at radius 3 is 2.22 bits per heavy atom. The molecule has 4 nitrogen and oxygen atoms in total. The lowest BCUT2D eigenvalue weighted by Gasteiger charge is -2.31. The highest BCUT2D eigenvalue weighted by Crippen LogP contribution is 2.25. The lowest BCUT2D eigenvalue weighted by atomic mass is 9.91. The van der Waals surface area contributed by atoms with Crippen molar-refractivity contribution in [3.05, 3.63) is 66.2 Å². The SMILES string of the molecule is O=C(c1ccccc1)C1CCCN(S(=O)(=O)c2ccccc2)C1. The average molecular weight is 329 g/mol. The van der Waals surface area contributed by atoms with Gasteiger partial charge in [0.2, 0.25) is 10.0 Å². The summed E-state index contributed by atoms with van der Waals surface area (Å²) in [6.45, 7) is 0.723. The molecule has 1 fully saturated rings. The summed E-state index contributed by atoms with van der Waals surface area (Å²) in [4.78, 5) is 12.9. The van der Waals surface area contributed by atoms with Crippen LogP contribution in [0.25, 0.3) is 0 Å². The lowest BCUT2D eigenvalue weighted by Crippen LogP contribution is -2.42. The summed E-state index contributed by atoms with van der Waals surface area (Å²) in [5, 5.41) is 0. The number of nitrogens with zero attached hydrogens (tertiary/aromatic N) is 1. The number of piperidine rings is 1. The molecule has 1 aliphatic heterocycles. The third kappa shape index (κ3) is 3.35. The van der Waals surface area contributed by atoms with Crippen LogP contribution in [0, 0.1) is 5.92 Å². The Hall–Kier alpha value is -1.98. The van der Waals surface area contributed by atoms with Crippen molar-refractivity contribution >= 4 is 15.8 Å². The number of carbonyl (C=O) groups excluding carboxylic acids is 1. The van der Waals surface area contributed by atoms with E-state index in [0.717, 1.165) is 6.42 Å². The van der Waals surface area contributed by atoms with E-state index in [1.54, 1.807) is 42.5 Å². The van der Waals surface area contributed by atoms with Crippen molar-refractivity contribution in [1.29, 1.82) is 0 Å². The molecular formula is C18H19NO3S. The van der Waals surface area contributed by atoms with Crippen molar-refractivity contribution in [2.75, 3.05) is 13.1 Å². The molecule has 0 N–H and O–H groups in total. The molecule has 5 heteroatoms. The monoisotopic (exact) mass is 329 g/mol. The molecule has 0 amide bonds. The molecule has 0 aliphatic carbocycles. The first-order valence-corrected chi connectivity index (χ1v) is 9.17. The molecule has 0 spiro atoms. The highest BCUT2D eigenvalue weighted by Gasteiger charge is 2.33. The Kier molecular flexibility index (Phi) is 4.59. The average Bonchev–Trinajstić information content (AvgIpc) is 2.62. The highest BCUT2D eigenvalue weighted by atomic mass is 32.2. The van der Waals surface area contributed by atoms with Gasteiger partial charge in [0.25, 0.3) is 0 Å². The van der Waals surface area contributed by atoms with Gasteiger partial charge in [-0.3, -0.25) is 4.79 Å². The Morgan fingerprint density at radius 2 is 1.57 bits per heavy atom. The van der Waals surface area contributed by atoms with Crippen LogP contribution in [0.3, 0.4) is 0 Å². The van der Waals surface area contributed by atoms with Crippen molar-refractivity contribution in [2.45, 2.75) is 17.7 Å². The molecule has 1 atom stereocenters. The molecule has 120 valence electrons. The molecule has 1 heterocycles. The van der Waals surface area contributed by atoms with Crippen LogP contribution in [0.4, 0.5) is 0 Å². The van der Waals surface area contributed by atoms with Gasteiger partial charge in [0, 0.05) is 24.6 Å². The zero-order chi connectivity index (χ0) is 16.3. The van der Waals surface area contributed by atoms with Crippen molar-refractivity contribution < 1.29 is 13.2 Å². The predicted molar refractivity (Wildman–Crippen MR) is 88.7 cm³/mol. The summed E-state index contributed by atoms with van der Waals surface area (Å²) in [5.74, 6) is -0.247. The second-order valence-electron chi connectivity index (χ2n) is 5.75. The van der Waals surface area contributed by atoms with Crippen molar-refractivity contribution in [3.63, 3.8) is 0 Å². The van der Waals surface area contributed by atoms with E-state index < -0.39 is 10.0 Å². The van der Waals surface area contributed by atoms with Gasteiger partial charge in [-0.25, -0.2) is 8.42 Å². The van der Waals surface area contributed by atoms with Gasteiger partial charge >= 0.3 is 0 Å². The minimum absolute atomic E-state index is 0.0264. The number of benzene rings is 2. The quantitative estimate of drug-likeness (QED) is 0.810. The van der Waals surface area contributed by atoms with Gasteiger partial charge in [0.05, 0.1) is 4.90 Å². The van der Waals surface area contributed by atoms with Crippen LogP contribution in [0.15, 0.2) is 65.6 Å². The van der Waals surface area contributed by atoms with E-state index >= 15 is 0 Å². The van der Waals surface area contributed by atoms with E-state index in [2.05, 4.69) is 0 Å². The summed E-state index contributed by atoms with van der Waals surface area (Å²) in [7, 11) is -3.53. The highest BCUT2D eigenvalue weighted by molar-refractivity contribution is 7.89. The summed E-state index contributed by atoms with van der Waals surface area (Å²) in [6, 6.07) is 17.5. The maximum Gasteiger partial charge on any atom is 0.243 e. The summed E-state index contributed by atoms with van der Waals surface area (Å²) in [5.41, 5.74) is 0.649. The topological polar surface area (TPSA) is 54.5 Å². The molecule has 2 aromatic rings. The van der Waals surface area contributed by atoms with Gasteiger partial charge < -0.3 is 0 Å². The smallest absolute Gasteiger partial charge is 0.243 e. The number of Topliss-reactive ketones (excluding diaryl/α,β-unsaturated/α-hetero) is 1. The molecule has 23 heavy (non-hydrogen) atoms. The van der Waals surface area contributed by atoms with E-state index in [1.807, 2.05) is 18.2 Å². The number of hydrogen-bond donors (Lipinski definition) is 0. The van der Waals surface area contributed by atoms with Crippen molar-refractivity contribution in [3.8, 4) is 0 Å². The Bertz CT molecular complexity index is 772. The molecule has 1 aliphatic rings. The fourth-order valence-corrected chi connectivity index (χ4v) is 4.50. The van der Waals surface area contributed by atoms with Crippen molar-refractivity contribution in [2.24, 2.45) is 5.92 Å². The summed E-state index contributed by atoms with van der Waals surface area (Å²) in [6.07, 6.45) is 1.43. The van der Waals surface area contributed by atoms with Gasteiger partial charge in [-0.05, 0) is 25.0 Å². The molecule has 1 unspecified atom stereocenters. The summed E-state index contributed by atoms with van der Waals surface area (Å²) >= 11 is 0. The van der Waals surface area contributed by atoms with E-state index in [0.29, 0.717) is 18.5 Å². The minimum Gasteiger partial charge on any atom is -0.294 e. The number of rotatable bonds is 4. The van der Waals surface area contributed by atoms with Gasteiger partial charge in [-0.2, -0.15) is 4.31 Å². The van der Waals surface area contributed by atoms with E-state index in [-0.39, 0.29) is 23.1 Å². The minimum atomic E-state index is -3.53. The number of ketones is 1. The molecule has 1 saturated heterocycles.